The molecule has 0 bridgehead atoms. The third-order valence-electron chi connectivity index (χ3n) is 3.15. The molecule has 0 radical (unpaired) electrons. The Bertz CT molecular complexity index is 303. The monoisotopic (exact) mass is 225 g/mol. The Balaban J connectivity index is 1.96. The van der Waals surface area contributed by atoms with Crippen LogP contribution in [0.15, 0.2) is 0 Å². The molecule has 0 unspecified atom stereocenters. The Hall–Kier alpha value is -0.640. The summed E-state index contributed by atoms with van der Waals surface area (Å²) < 4.78 is 4.45. The van der Waals surface area contributed by atoms with E-state index in [1.54, 1.807) is 0 Å². The SMILES string of the molecule is CCNc1nc(C2CCC(C)CC2)ns1. The first-order chi connectivity index (χ1) is 7.29. The molecule has 0 saturated heterocycles. The highest BCUT2D eigenvalue weighted by Gasteiger charge is 2.22. The lowest BCUT2D eigenvalue weighted by molar-refractivity contribution is 0.341. The van der Waals surface area contributed by atoms with Crippen LogP contribution in [0, 0.1) is 5.92 Å². The van der Waals surface area contributed by atoms with Gasteiger partial charge in [-0.2, -0.15) is 4.37 Å². The van der Waals surface area contributed by atoms with Gasteiger partial charge in [0.05, 0.1) is 0 Å². The minimum atomic E-state index is 0.616. The van der Waals surface area contributed by atoms with Crippen molar-refractivity contribution in [3.8, 4) is 0 Å². The number of anilines is 1. The maximum absolute atomic E-state index is 4.54. The summed E-state index contributed by atoms with van der Waals surface area (Å²) in [5, 5.41) is 4.20. The van der Waals surface area contributed by atoms with E-state index in [4.69, 9.17) is 0 Å². The molecule has 0 amide bonds. The second kappa shape index (κ2) is 4.92. The van der Waals surface area contributed by atoms with Gasteiger partial charge in [-0.1, -0.05) is 19.8 Å². The lowest BCUT2D eigenvalue weighted by Gasteiger charge is -2.23. The molecule has 4 heteroatoms. The Morgan fingerprint density at radius 3 is 2.73 bits per heavy atom. The summed E-state index contributed by atoms with van der Waals surface area (Å²) in [6.07, 6.45) is 5.20. The molecule has 1 aliphatic rings. The van der Waals surface area contributed by atoms with Crippen LogP contribution in [0.3, 0.4) is 0 Å². The molecule has 2 rings (SSSR count). The predicted molar refractivity (Wildman–Crippen MR) is 64.4 cm³/mol. The maximum Gasteiger partial charge on any atom is 0.202 e. The molecule has 15 heavy (non-hydrogen) atoms. The van der Waals surface area contributed by atoms with Crippen LogP contribution >= 0.6 is 11.5 Å². The molecule has 3 nitrogen and oxygen atoms in total. The summed E-state index contributed by atoms with van der Waals surface area (Å²) in [6, 6.07) is 0. The minimum absolute atomic E-state index is 0.616. The van der Waals surface area contributed by atoms with Gasteiger partial charge in [0, 0.05) is 24.0 Å². The average molecular weight is 225 g/mol. The molecule has 1 fully saturated rings. The lowest BCUT2D eigenvalue weighted by atomic mass is 9.83. The molecule has 1 aliphatic carbocycles. The summed E-state index contributed by atoms with van der Waals surface area (Å²) >= 11 is 1.50. The molecule has 1 aromatic heterocycles. The van der Waals surface area contributed by atoms with Gasteiger partial charge in [0.25, 0.3) is 0 Å². The smallest absolute Gasteiger partial charge is 0.202 e. The largest absolute Gasteiger partial charge is 0.361 e. The second-order valence-corrected chi connectivity index (χ2v) is 5.20. The Morgan fingerprint density at radius 2 is 2.07 bits per heavy atom. The summed E-state index contributed by atoms with van der Waals surface area (Å²) in [7, 11) is 0. The van der Waals surface area contributed by atoms with E-state index in [1.165, 1.54) is 37.2 Å². The van der Waals surface area contributed by atoms with Gasteiger partial charge in [0.1, 0.15) is 5.82 Å². The molecule has 0 aromatic carbocycles. The molecule has 1 aromatic rings. The van der Waals surface area contributed by atoms with Crippen molar-refractivity contribution in [2.24, 2.45) is 5.92 Å². The molecule has 0 aliphatic heterocycles. The summed E-state index contributed by atoms with van der Waals surface area (Å²) in [5.74, 6) is 2.58. The van der Waals surface area contributed by atoms with E-state index in [9.17, 15) is 0 Å². The fourth-order valence-corrected chi connectivity index (χ4v) is 2.86. The topological polar surface area (TPSA) is 37.8 Å². The van der Waals surface area contributed by atoms with Gasteiger partial charge >= 0.3 is 0 Å². The van der Waals surface area contributed by atoms with E-state index in [2.05, 4.69) is 28.5 Å². The van der Waals surface area contributed by atoms with Gasteiger partial charge in [0.2, 0.25) is 5.13 Å². The van der Waals surface area contributed by atoms with Gasteiger partial charge in [-0.05, 0) is 25.7 Å². The van der Waals surface area contributed by atoms with Crippen LogP contribution in [-0.4, -0.2) is 15.9 Å². The van der Waals surface area contributed by atoms with Gasteiger partial charge in [-0.3, -0.25) is 0 Å². The predicted octanol–water partition coefficient (Wildman–Crippen LogP) is 3.26. The Morgan fingerprint density at radius 1 is 1.33 bits per heavy atom. The summed E-state index contributed by atoms with van der Waals surface area (Å²) in [5.41, 5.74) is 0. The van der Waals surface area contributed by atoms with Crippen molar-refractivity contribution < 1.29 is 0 Å². The quantitative estimate of drug-likeness (QED) is 0.858. The fraction of sp³-hybridized carbons (Fsp3) is 0.818. The van der Waals surface area contributed by atoms with Crippen molar-refractivity contribution in [1.29, 1.82) is 0 Å². The fourth-order valence-electron chi connectivity index (χ4n) is 2.14. The van der Waals surface area contributed by atoms with Crippen LogP contribution in [0.25, 0.3) is 0 Å². The first kappa shape index (κ1) is 10.9. The van der Waals surface area contributed by atoms with E-state index in [0.29, 0.717) is 5.92 Å². The van der Waals surface area contributed by atoms with E-state index in [1.807, 2.05) is 0 Å². The van der Waals surface area contributed by atoms with Crippen LogP contribution in [0.5, 0.6) is 0 Å². The van der Waals surface area contributed by atoms with Crippen molar-refractivity contribution in [2.45, 2.75) is 45.4 Å². The Kier molecular flexibility index (Phi) is 3.57. The third kappa shape index (κ3) is 2.68. The second-order valence-electron chi connectivity index (χ2n) is 4.44. The first-order valence-corrected chi connectivity index (χ1v) is 6.64. The normalized spacial score (nSPS) is 26.5. The van der Waals surface area contributed by atoms with Crippen molar-refractivity contribution in [3.63, 3.8) is 0 Å². The standard InChI is InChI=1S/C11H19N3S/c1-3-12-11-13-10(14-15-11)9-6-4-8(2)5-7-9/h8-9H,3-7H2,1-2H3,(H,12,13,14). The number of nitrogens with one attached hydrogen (secondary N) is 1. The molecule has 0 spiro atoms. The Labute approximate surface area is 95.5 Å². The van der Waals surface area contributed by atoms with E-state index < -0.39 is 0 Å². The molecular formula is C11H19N3S. The van der Waals surface area contributed by atoms with Crippen LogP contribution in [0.2, 0.25) is 0 Å². The molecule has 0 atom stereocenters. The highest BCUT2D eigenvalue weighted by molar-refractivity contribution is 7.09. The highest BCUT2D eigenvalue weighted by atomic mass is 32.1. The van der Waals surface area contributed by atoms with Gasteiger partial charge < -0.3 is 5.32 Å². The first-order valence-electron chi connectivity index (χ1n) is 5.87. The number of rotatable bonds is 3. The van der Waals surface area contributed by atoms with E-state index in [0.717, 1.165) is 23.4 Å². The van der Waals surface area contributed by atoms with Crippen LogP contribution in [-0.2, 0) is 0 Å². The van der Waals surface area contributed by atoms with E-state index >= 15 is 0 Å². The van der Waals surface area contributed by atoms with Crippen LogP contribution in [0.4, 0.5) is 5.13 Å². The van der Waals surface area contributed by atoms with Crippen LogP contribution in [0.1, 0.15) is 51.3 Å². The van der Waals surface area contributed by atoms with Gasteiger partial charge in [-0.25, -0.2) is 4.98 Å². The molecular weight excluding hydrogens is 206 g/mol. The minimum Gasteiger partial charge on any atom is -0.361 e. The third-order valence-corrected chi connectivity index (χ3v) is 3.84. The zero-order valence-corrected chi connectivity index (χ0v) is 10.3. The average Bonchev–Trinajstić information content (AvgIpc) is 2.68. The number of nitrogens with zero attached hydrogens (tertiary/aromatic N) is 2. The number of hydrogen-bond acceptors (Lipinski definition) is 4. The molecule has 1 N–H and O–H groups in total. The van der Waals surface area contributed by atoms with E-state index in [-0.39, 0.29) is 0 Å². The maximum atomic E-state index is 4.54. The van der Waals surface area contributed by atoms with Crippen LogP contribution < -0.4 is 5.32 Å². The molecule has 1 saturated carbocycles. The summed E-state index contributed by atoms with van der Waals surface area (Å²) in [6.45, 7) is 5.36. The summed E-state index contributed by atoms with van der Waals surface area (Å²) in [4.78, 5) is 4.54. The van der Waals surface area contributed by atoms with Gasteiger partial charge in [-0.15, -0.1) is 0 Å². The van der Waals surface area contributed by atoms with Gasteiger partial charge in [0.15, 0.2) is 0 Å². The van der Waals surface area contributed by atoms with Crippen molar-refractivity contribution in [1.82, 2.24) is 9.36 Å². The lowest BCUT2D eigenvalue weighted by Crippen LogP contribution is -2.12. The van der Waals surface area contributed by atoms with Crippen molar-refractivity contribution in [2.75, 3.05) is 11.9 Å². The number of hydrogen-bond donors (Lipinski definition) is 1. The molecule has 84 valence electrons. The zero-order valence-electron chi connectivity index (χ0n) is 9.49. The highest BCUT2D eigenvalue weighted by Crippen LogP contribution is 2.34. The zero-order chi connectivity index (χ0) is 10.7. The molecule has 1 heterocycles. The van der Waals surface area contributed by atoms with Crippen molar-refractivity contribution in [3.05, 3.63) is 5.82 Å². The number of aromatic nitrogens is 2. The van der Waals surface area contributed by atoms with Crippen molar-refractivity contribution >= 4 is 16.7 Å².